The third-order valence-corrected chi connectivity index (χ3v) is 4.29. The largest absolute Gasteiger partial charge is 0.338 e. The molecule has 1 N–H and O–H groups in total. The number of hydrogen-bond acceptors (Lipinski definition) is 5. The van der Waals surface area contributed by atoms with Gasteiger partial charge in [0.25, 0.3) is 0 Å². The Morgan fingerprint density at radius 1 is 1.25 bits per heavy atom. The molecule has 0 bridgehead atoms. The number of aryl methyl sites for hydroxylation is 1. The minimum atomic E-state index is 0.859. The van der Waals surface area contributed by atoms with Gasteiger partial charge in [0.1, 0.15) is 0 Å². The van der Waals surface area contributed by atoms with Crippen molar-refractivity contribution in [1.82, 2.24) is 20.2 Å². The van der Waals surface area contributed by atoms with Crippen LogP contribution in [0.15, 0.2) is 6.20 Å². The van der Waals surface area contributed by atoms with Gasteiger partial charge in [0.2, 0.25) is 5.95 Å². The van der Waals surface area contributed by atoms with Crippen LogP contribution in [-0.4, -0.2) is 53.6 Å². The van der Waals surface area contributed by atoms with Crippen molar-refractivity contribution < 1.29 is 0 Å². The lowest BCUT2D eigenvalue weighted by atomic mass is 10.2. The summed E-state index contributed by atoms with van der Waals surface area (Å²) in [6.07, 6.45) is 4.77. The predicted octanol–water partition coefficient (Wildman–Crippen LogP) is 1.18. The molecule has 0 radical (unpaired) electrons. The van der Waals surface area contributed by atoms with E-state index in [0.717, 1.165) is 57.0 Å². The first-order valence-electron chi connectivity index (χ1n) is 7.80. The van der Waals surface area contributed by atoms with E-state index in [-0.39, 0.29) is 0 Å². The van der Waals surface area contributed by atoms with Gasteiger partial charge < -0.3 is 10.2 Å². The molecule has 0 unspecified atom stereocenters. The van der Waals surface area contributed by atoms with E-state index in [1.54, 1.807) is 0 Å². The second-order valence-electron chi connectivity index (χ2n) is 5.82. The molecule has 110 valence electrons. The summed E-state index contributed by atoms with van der Waals surface area (Å²) in [7, 11) is 0. The van der Waals surface area contributed by atoms with E-state index in [4.69, 9.17) is 4.98 Å². The molecule has 1 saturated carbocycles. The summed E-state index contributed by atoms with van der Waals surface area (Å²) in [5.74, 6) is 0.901. The van der Waals surface area contributed by atoms with Crippen molar-refractivity contribution in [3.05, 3.63) is 17.5 Å². The maximum atomic E-state index is 4.69. The van der Waals surface area contributed by atoms with Crippen molar-refractivity contribution in [2.24, 2.45) is 0 Å². The van der Waals surface area contributed by atoms with Crippen LogP contribution in [0.25, 0.3) is 0 Å². The molecule has 1 aromatic heterocycles. The Morgan fingerprint density at radius 2 is 2.00 bits per heavy atom. The maximum Gasteiger partial charge on any atom is 0.225 e. The fourth-order valence-corrected chi connectivity index (χ4v) is 2.79. The predicted molar refractivity (Wildman–Crippen MR) is 81.0 cm³/mol. The van der Waals surface area contributed by atoms with Gasteiger partial charge in [0.05, 0.1) is 0 Å². The molecule has 0 atom stereocenters. The molecule has 2 fully saturated rings. The Hall–Kier alpha value is -1.20. The standard InChI is InChI=1S/C15H25N5/c1-3-16-10-13-11-17-15(18-12(13)2)20-8-6-19(7-9-20)14-4-5-14/h11,14,16H,3-10H2,1-2H3. The third kappa shape index (κ3) is 3.10. The molecule has 1 saturated heterocycles. The highest BCUT2D eigenvalue weighted by Gasteiger charge is 2.31. The zero-order valence-electron chi connectivity index (χ0n) is 12.6. The molecular formula is C15H25N5. The molecule has 3 rings (SSSR count). The van der Waals surface area contributed by atoms with E-state index in [0.29, 0.717) is 0 Å². The number of aromatic nitrogens is 2. The topological polar surface area (TPSA) is 44.3 Å². The van der Waals surface area contributed by atoms with Crippen LogP contribution in [0.3, 0.4) is 0 Å². The van der Waals surface area contributed by atoms with Gasteiger partial charge >= 0.3 is 0 Å². The van der Waals surface area contributed by atoms with Crippen LogP contribution in [0.1, 0.15) is 31.0 Å². The maximum absolute atomic E-state index is 4.69. The molecule has 20 heavy (non-hydrogen) atoms. The van der Waals surface area contributed by atoms with Crippen LogP contribution in [0.2, 0.25) is 0 Å². The number of nitrogens with one attached hydrogen (secondary N) is 1. The summed E-state index contributed by atoms with van der Waals surface area (Å²) in [6, 6.07) is 0.877. The zero-order valence-corrected chi connectivity index (χ0v) is 12.6. The van der Waals surface area contributed by atoms with Crippen LogP contribution in [0, 0.1) is 6.92 Å². The zero-order chi connectivity index (χ0) is 13.9. The van der Waals surface area contributed by atoms with Crippen LogP contribution in [-0.2, 0) is 6.54 Å². The molecule has 0 spiro atoms. The molecule has 1 aromatic rings. The number of piperazine rings is 1. The SMILES string of the molecule is CCNCc1cnc(N2CCN(C3CC3)CC2)nc1C. The third-order valence-electron chi connectivity index (χ3n) is 4.29. The molecule has 0 amide bonds. The van der Waals surface area contributed by atoms with E-state index in [2.05, 4.69) is 33.9 Å². The first kappa shape index (κ1) is 13.8. The summed E-state index contributed by atoms with van der Waals surface area (Å²) in [4.78, 5) is 14.2. The van der Waals surface area contributed by atoms with Gasteiger partial charge in [-0.25, -0.2) is 9.97 Å². The van der Waals surface area contributed by atoms with Gasteiger partial charge in [-0.05, 0) is 26.3 Å². The average Bonchev–Trinajstić information content (AvgIpc) is 3.31. The minimum absolute atomic E-state index is 0.859. The number of rotatable bonds is 5. The number of hydrogen-bond donors (Lipinski definition) is 1. The smallest absolute Gasteiger partial charge is 0.225 e. The summed E-state index contributed by atoms with van der Waals surface area (Å²) in [6.45, 7) is 10.5. The van der Waals surface area contributed by atoms with Gasteiger partial charge in [0.15, 0.2) is 0 Å². The van der Waals surface area contributed by atoms with E-state index in [1.165, 1.54) is 18.4 Å². The number of anilines is 1. The van der Waals surface area contributed by atoms with Gasteiger partial charge in [-0.3, -0.25) is 4.90 Å². The second-order valence-corrected chi connectivity index (χ2v) is 5.82. The molecule has 5 heteroatoms. The van der Waals surface area contributed by atoms with Crippen molar-refractivity contribution in [2.45, 2.75) is 39.3 Å². The first-order valence-corrected chi connectivity index (χ1v) is 7.80. The summed E-state index contributed by atoms with van der Waals surface area (Å²) in [5, 5.41) is 3.33. The monoisotopic (exact) mass is 275 g/mol. The molecule has 2 aliphatic rings. The number of nitrogens with zero attached hydrogens (tertiary/aromatic N) is 4. The van der Waals surface area contributed by atoms with Crippen molar-refractivity contribution in [3.63, 3.8) is 0 Å². The molecule has 5 nitrogen and oxygen atoms in total. The quantitative estimate of drug-likeness (QED) is 0.874. The molecule has 1 aliphatic heterocycles. The van der Waals surface area contributed by atoms with Crippen molar-refractivity contribution >= 4 is 5.95 Å². The van der Waals surface area contributed by atoms with Crippen molar-refractivity contribution in [2.75, 3.05) is 37.6 Å². The molecule has 2 heterocycles. The Labute approximate surface area is 121 Å². The van der Waals surface area contributed by atoms with Crippen LogP contribution in [0.5, 0.6) is 0 Å². The molecule has 1 aliphatic carbocycles. The van der Waals surface area contributed by atoms with Gasteiger partial charge in [-0.2, -0.15) is 0 Å². The normalized spacial score (nSPS) is 20.4. The Morgan fingerprint density at radius 3 is 2.60 bits per heavy atom. The molecule has 0 aromatic carbocycles. The fourth-order valence-electron chi connectivity index (χ4n) is 2.79. The van der Waals surface area contributed by atoms with E-state index >= 15 is 0 Å². The minimum Gasteiger partial charge on any atom is -0.338 e. The Balaban J connectivity index is 1.61. The van der Waals surface area contributed by atoms with Gasteiger partial charge in [-0.1, -0.05) is 6.92 Å². The van der Waals surface area contributed by atoms with E-state index in [9.17, 15) is 0 Å². The highest BCUT2D eigenvalue weighted by Crippen LogP contribution is 2.28. The summed E-state index contributed by atoms with van der Waals surface area (Å²) >= 11 is 0. The Bertz CT molecular complexity index is 450. The average molecular weight is 275 g/mol. The lowest BCUT2D eigenvalue weighted by Crippen LogP contribution is -2.47. The lowest BCUT2D eigenvalue weighted by molar-refractivity contribution is 0.247. The van der Waals surface area contributed by atoms with E-state index < -0.39 is 0 Å². The first-order chi connectivity index (χ1) is 9.78. The highest BCUT2D eigenvalue weighted by molar-refractivity contribution is 5.33. The Kier molecular flexibility index (Phi) is 4.17. The lowest BCUT2D eigenvalue weighted by Gasteiger charge is -2.34. The van der Waals surface area contributed by atoms with Gasteiger partial charge in [-0.15, -0.1) is 0 Å². The highest BCUT2D eigenvalue weighted by atomic mass is 15.3. The fraction of sp³-hybridized carbons (Fsp3) is 0.733. The van der Waals surface area contributed by atoms with Gasteiger partial charge in [0, 0.05) is 56.2 Å². The van der Waals surface area contributed by atoms with Crippen LogP contribution < -0.4 is 10.2 Å². The van der Waals surface area contributed by atoms with Crippen LogP contribution >= 0.6 is 0 Å². The van der Waals surface area contributed by atoms with Crippen molar-refractivity contribution in [3.8, 4) is 0 Å². The summed E-state index contributed by atoms with van der Waals surface area (Å²) in [5.41, 5.74) is 2.30. The van der Waals surface area contributed by atoms with Crippen LogP contribution in [0.4, 0.5) is 5.95 Å². The second kappa shape index (κ2) is 6.06. The summed E-state index contributed by atoms with van der Waals surface area (Å²) < 4.78 is 0. The molecular weight excluding hydrogens is 250 g/mol. The van der Waals surface area contributed by atoms with E-state index in [1.807, 2.05) is 6.20 Å². The van der Waals surface area contributed by atoms with Crippen molar-refractivity contribution in [1.29, 1.82) is 0 Å².